The normalized spacial score (nSPS) is 9.98. The number of nitrogens with zero attached hydrogens (tertiary/aromatic N) is 1. The summed E-state index contributed by atoms with van der Waals surface area (Å²) in [5.74, 6) is 0. The first-order valence-electron chi connectivity index (χ1n) is 17.1. The smallest absolute Gasteiger partial charge is 0.0472 e. The minimum atomic E-state index is 0.575. The molecule has 0 amide bonds. The molecular weight excluding hydrogens is 534 g/mol. The van der Waals surface area contributed by atoms with E-state index in [-0.39, 0.29) is 0 Å². The maximum Gasteiger partial charge on any atom is 0.0472 e. The zero-order valence-corrected chi connectivity index (χ0v) is 31.1. The first kappa shape index (κ1) is 45.5. The number of rotatable bonds is 14. The highest BCUT2D eigenvalue weighted by Gasteiger charge is 2.01. The number of aliphatic imine (C=N–C) groups is 1. The van der Waals surface area contributed by atoms with Crippen molar-refractivity contribution in [2.24, 2.45) is 4.99 Å². The number of allylic oxidation sites excluding steroid dienone is 2. The molecule has 0 saturated carbocycles. The second-order valence-electron chi connectivity index (χ2n) is 11.0. The third-order valence-corrected chi connectivity index (χ3v) is 6.65. The van der Waals surface area contributed by atoms with Crippen molar-refractivity contribution in [3.63, 3.8) is 0 Å². The molecule has 0 bridgehead atoms. The van der Waals surface area contributed by atoms with Crippen LogP contribution < -0.4 is 10.6 Å². The molecule has 0 heterocycles. The van der Waals surface area contributed by atoms with Gasteiger partial charge in [-0.05, 0) is 86.8 Å². The molecule has 0 saturated heterocycles. The highest BCUT2D eigenvalue weighted by Crippen LogP contribution is 2.13. The molecule has 2 aromatic carbocycles. The maximum atomic E-state index is 4.26. The van der Waals surface area contributed by atoms with Gasteiger partial charge in [-0.1, -0.05) is 130 Å². The molecule has 0 aliphatic carbocycles. The fourth-order valence-corrected chi connectivity index (χ4v) is 3.81. The van der Waals surface area contributed by atoms with Gasteiger partial charge < -0.3 is 10.6 Å². The van der Waals surface area contributed by atoms with Crippen molar-refractivity contribution in [2.45, 2.75) is 134 Å². The average Bonchev–Trinajstić information content (AvgIpc) is 3.02. The molecule has 0 aromatic heterocycles. The Hall–Kier alpha value is -2.91. The fourth-order valence-electron chi connectivity index (χ4n) is 3.81. The van der Waals surface area contributed by atoms with Gasteiger partial charge >= 0.3 is 0 Å². The average molecular weight is 606 g/mol. The SMILES string of the molecule is C=C(C)CC.C=C(CCC)NCCNC(C)C.C=CN=C(CC)c1ccc(C)c(C)c1.CC.CCCc1ccccc1CC. The van der Waals surface area contributed by atoms with E-state index in [0.717, 1.165) is 50.2 Å². The molecule has 3 heteroatoms. The van der Waals surface area contributed by atoms with Crippen LogP contribution in [0.4, 0.5) is 0 Å². The van der Waals surface area contributed by atoms with Crippen LogP contribution in [0.2, 0.25) is 0 Å². The highest BCUT2D eigenvalue weighted by molar-refractivity contribution is 6.00. The molecule has 0 radical (unpaired) electrons. The highest BCUT2D eigenvalue weighted by atomic mass is 15.0. The van der Waals surface area contributed by atoms with Gasteiger partial charge in [0.2, 0.25) is 0 Å². The van der Waals surface area contributed by atoms with Gasteiger partial charge in [0, 0.05) is 36.7 Å². The van der Waals surface area contributed by atoms with Crippen LogP contribution in [0.5, 0.6) is 0 Å². The zero-order valence-electron chi connectivity index (χ0n) is 31.1. The molecule has 0 spiro atoms. The van der Waals surface area contributed by atoms with Crippen LogP contribution in [-0.2, 0) is 12.8 Å². The molecule has 0 aliphatic heterocycles. The third kappa shape index (κ3) is 25.6. The second-order valence-corrected chi connectivity index (χ2v) is 11.0. The zero-order chi connectivity index (χ0) is 34.3. The summed E-state index contributed by atoms with van der Waals surface area (Å²) in [5, 5.41) is 6.62. The van der Waals surface area contributed by atoms with E-state index in [2.05, 4.69) is 140 Å². The van der Waals surface area contributed by atoms with Gasteiger partial charge in [-0.2, -0.15) is 0 Å². The van der Waals surface area contributed by atoms with Crippen molar-refractivity contribution >= 4 is 5.71 Å². The van der Waals surface area contributed by atoms with Gasteiger partial charge in [-0.15, -0.1) is 6.58 Å². The van der Waals surface area contributed by atoms with E-state index >= 15 is 0 Å². The lowest BCUT2D eigenvalue weighted by molar-refractivity contribution is 0.570. The summed E-state index contributed by atoms with van der Waals surface area (Å²) in [6.45, 7) is 38.6. The van der Waals surface area contributed by atoms with Gasteiger partial charge in [0.15, 0.2) is 0 Å². The Kier molecular flexibility index (Phi) is 32.6. The summed E-state index contributed by atoms with van der Waals surface area (Å²) in [6, 6.07) is 15.7. The number of hydrogen-bond acceptors (Lipinski definition) is 3. The van der Waals surface area contributed by atoms with Crippen LogP contribution in [0, 0.1) is 13.8 Å². The molecule has 3 nitrogen and oxygen atoms in total. The molecule has 250 valence electrons. The Morgan fingerprint density at radius 1 is 0.841 bits per heavy atom. The van der Waals surface area contributed by atoms with Crippen molar-refractivity contribution < 1.29 is 0 Å². The van der Waals surface area contributed by atoms with Gasteiger partial charge in [0.25, 0.3) is 0 Å². The predicted octanol–water partition coefficient (Wildman–Crippen LogP) is 11.7. The molecule has 2 N–H and O–H groups in total. The van der Waals surface area contributed by atoms with E-state index in [1.165, 1.54) is 52.7 Å². The Morgan fingerprint density at radius 3 is 1.86 bits per heavy atom. The molecule has 0 unspecified atom stereocenters. The van der Waals surface area contributed by atoms with Crippen LogP contribution in [0.1, 0.15) is 129 Å². The minimum Gasteiger partial charge on any atom is -0.388 e. The number of nitrogens with one attached hydrogen (secondary N) is 2. The molecule has 2 aromatic rings. The van der Waals surface area contributed by atoms with Crippen LogP contribution >= 0.6 is 0 Å². The standard InChI is InChI=1S/C13H17N.C11H16.C10H22N2.C5H10.C2H6/c1-5-13(14-6-2)12-8-7-10(3)11(4)9-12;1-3-7-11-9-6-5-8-10(11)4-2;1-5-6-10(4)12-8-7-11-9(2)3;1-4-5(2)3;1-2/h6-9H,2,5H2,1,3-4H3;5-6,8-9H,3-4,7H2,1-2H3;9,11-12H,4-8H2,1-3H3;2,4H2,1,3H3;1-2H3. The van der Waals surface area contributed by atoms with Gasteiger partial charge in [-0.3, -0.25) is 4.99 Å². The molecule has 0 aliphatic rings. The molecule has 2 rings (SSSR count). The van der Waals surface area contributed by atoms with Gasteiger partial charge in [-0.25, -0.2) is 0 Å². The van der Waals surface area contributed by atoms with Crippen molar-refractivity contribution in [1.29, 1.82) is 0 Å². The Morgan fingerprint density at radius 2 is 1.43 bits per heavy atom. The van der Waals surface area contributed by atoms with Crippen LogP contribution in [0.3, 0.4) is 0 Å². The van der Waals surface area contributed by atoms with E-state index < -0.39 is 0 Å². The van der Waals surface area contributed by atoms with Crippen molar-refractivity contribution in [3.05, 3.63) is 107 Å². The quantitative estimate of drug-likeness (QED) is 0.128. The predicted molar refractivity (Wildman–Crippen MR) is 204 cm³/mol. The summed E-state index contributed by atoms with van der Waals surface area (Å²) >= 11 is 0. The largest absolute Gasteiger partial charge is 0.388 e. The van der Waals surface area contributed by atoms with E-state index in [1.807, 2.05) is 20.8 Å². The maximum absolute atomic E-state index is 4.26. The summed E-state index contributed by atoms with van der Waals surface area (Å²) in [7, 11) is 0. The van der Waals surface area contributed by atoms with Crippen LogP contribution in [-0.4, -0.2) is 24.8 Å². The number of hydrogen-bond donors (Lipinski definition) is 2. The van der Waals surface area contributed by atoms with Gasteiger partial charge in [0.05, 0.1) is 0 Å². The lowest BCUT2D eigenvalue weighted by Gasteiger charge is -2.10. The molecule has 0 atom stereocenters. The minimum absolute atomic E-state index is 0.575. The number of aryl methyl sites for hydroxylation is 4. The molecule has 0 fully saturated rings. The summed E-state index contributed by atoms with van der Waals surface area (Å²) < 4.78 is 0. The third-order valence-electron chi connectivity index (χ3n) is 6.65. The second kappa shape index (κ2) is 31.5. The topological polar surface area (TPSA) is 36.4 Å². The van der Waals surface area contributed by atoms with Crippen molar-refractivity contribution in [2.75, 3.05) is 13.1 Å². The lowest BCUT2D eigenvalue weighted by atomic mass is 10.0. The van der Waals surface area contributed by atoms with Gasteiger partial charge in [0.1, 0.15) is 0 Å². The van der Waals surface area contributed by atoms with Crippen LogP contribution in [0.25, 0.3) is 0 Å². The Labute approximate surface area is 275 Å². The molecule has 44 heavy (non-hydrogen) atoms. The summed E-state index contributed by atoms with van der Waals surface area (Å²) in [5.41, 5.74) is 10.4. The van der Waals surface area contributed by atoms with E-state index in [0.29, 0.717) is 6.04 Å². The van der Waals surface area contributed by atoms with Crippen LogP contribution in [0.15, 0.2) is 84.7 Å². The fraction of sp³-hybridized carbons (Fsp3) is 0.537. The van der Waals surface area contributed by atoms with Crippen molar-refractivity contribution in [3.8, 4) is 0 Å². The van der Waals surface area contributed by atoms with Crippen molar-refractivity contribution in [1.82, 2.24) is 10.6 Å². The monoisotopic (exact) mass is 606 g/mol. The summed E-state index contributed by atoms with van der Waals surface area (Å²) in [4.78, 5) is 4.26. The first-order chi connectivity index (χ1) is 21.0. The Balaban J connectivity index is -0.000000521. The Bertz CT molecular complexity index is 1030. The lowest BCUT2D eigenvalue weighted by Crippen LogP contribution is -2.31. The van der Waals surface area contributed by atoms with E-state index in [4.69, 9.17) is 0 Å². The molecular formula is C41H71N3. The van der Waals surface area contributed by atoms with E-state index in [9.17, 15) is 0 Å². The first-order valence-corrected chi connectivity index (χ1v) is 17.1. The summed E-state index contributed by atoms with van der Waals surface area (Å²) in [6.07, 6.45) is 9.55. The van der Waals surface area contributed by atoms with E-state index in [1.54, 1.807) is 6.20 Å². The number of benzene rings is 2.